The van der Waals surface area contributed by atoms with Crippen LogP contribution < -0.4 is 5.32 Å². The summed E-state index contributed by atoms with van der Waals surface area (Å²) in [6, 6.07) is 14.1. The van der Waals surface area contributed by atoms with Crippen molar-refractivity contribution in [2.75, 3.05) is 25.1 Å². The summed E-state index contributed by atoms with van der Waals surface area (Å²) in [5.41, 5.74) is 2.51. The number of nitrogens with zero attached hydrogens (tertiary/aromatic N) is 2. The van der Waals surface area contributed by atoms with Crippen molar-refractivity contribution in [1.29, 1.82) is 0 Å². The van der Waals surface area contributed by atoms with E-state index in [9.17, 15) is 18.0 Å². The zero-order valence-electron chi connectivity index (χ0n) is 16.2. The summed E-state index contributed by atoms with van der Waals surface area (Å²) in [6.07, 6.45) is 1.82. The van der Waals surface area contributed by atoms with E-state index in [0.717, 1.165) is 24.0 Å². The van der Waals surface area contributed by atoms with Gasteiger partial charge in [-0.3, -0.25) is 9.59 Å². The number of benzene rings is 2. The van der Waals surface area contributed by atoms with Gasteiger partial charge in [0.05, 0.1) is 11.6 Å². The number of amides is 2. The minimum Gasteiger partial charge on any atom is -0.327 e. The number of sulfonamides is 1. The Morgan fingerprint density at radius 3 is 2.07 bits per heavy atom. The third kappa shape index (κ3) is 4.18. The summed E-state index contributed by atoms with van der Waals surface area (Å²) >= 11 is 0. The number of hydrogen-bond donors (Lipinski definition) is 1. The second-order valence-corrected chi connectivity index (χ2v) is 9.42. The molecule has 2 fully saturated rings. The molecule has 1 saturated carbocycles. The smallest absolute Gasteiger partial charge is 0.244 e. The predicted molar refractivity (Wildman–Crippen MR) is 109 cm³/mol. The van der Waals surface area contributed by atoms with Gasteiger partial charge in [0.25, 0.3) is 0 Å². The van der Waals surface area contributed by atoms with Crippen LogP contribution >= 0.6 is 0 Å². The summed E-state index contributed by atoms with van der Waals surface area (Å²) in [5, 5.41) is 2.71. The van der Waals surface area contributed by atoms with Gasteiger partial charge in [0.2, 0.25) is 21.8 Å². The van der Waals surface area contributed by atoms with E-state index in [2.05, 4.69) is 5.32 Å². The van der Waals surface area contributed by atoms with Crippen LogP contribution in [0.25, 0.3) is 11.1 Å². The van der Waals surface area contributed by atoms with Crippen LogP contribution in [-0.4, -0.2) is 49.2 Å². The van der Waals surface area contributed by atoms with Gasteiger partial charge < -0.3 is 10.2 Å². The van der Waals surface area contributed by atoms with E-state index in [1.807, 2.05) is 12.1 Å². The van der Waals surface area contributed by atoms with E-state index in [0.29, 0.717) is 18.8 Å². The standard InChI is InChI=1S/C21H23N3O4S/c1-15(25)22-19-8-4-16(5-9-19)17-6-10-20(11-7-17)29(27,28)24-13-12-23(14-24)21(26)18-2-3-18/h4-11,18H,2-3,12-14H2,1H3,(H,22,25). The van der Waals surface area contributed by atoms with E-state index < -0.39 is 10.0 Å². The van der Waals surface area contributed by atoms with Gasteiger partial charge in [0.15, 0.2) is 0 Å². The summed E-state index contributed by atoms with van der Waals surface area (Å²) in [6.45, 7) is 2.36. The van der Waals surface area contributed by atoms with Crippen LogP contribution in [0.1, 0.15) is 19.8 Å². The Kier molecular flexibility index (Phi) is 5.14. The van der Waals surface area contributed by atoms with Crippen LogP contribution in [-0.2, 0) is 19.6 Å². The first-order valence-electron chi connectivity index (χ1n) is 9.61. The molecule has 1 heterocycles. The van der Waals surface area contributed by atoms with Gasteiger partial charge in [0.1, 0.15) is 0 Å². The van der Waals surface area contributed by atoms with E-state index in [1.54, 1.807) is 41.3 Å². The van der Waals surface area contributed by atoms with E-state index in [1.165, 1.54) is 11.2 Å². The number of anilines is 1. The fourth-order valence-corrected chi connectivity index (χ4v) is 4.84. The van der Waals surface area contributed by atoms with Crippen molar-refractivity contribution in [3.8, 4) is 11.1 Å². The zero-order valence-corrected chi connectivity index (χ0v) is 17.0. The molecule has 7 nitrogen and oxygen atoms in total. The van der Waals surface area contributed by atoms with Crippen molar-refractivity contribution in [2.24, 2.45) is 5.92 Å². The van der Waals surface area contributed by atoms with Crippen molar-refractivity contribution in [3.63, 3.8) is 0 Å². The first-order valence-corrected chi connectivity index (χ1v) is 11.1. The number of carbonyl (C=O) groups excluding carboxylic acids is 2. The highest BCUT2D eigenvalue weighted by Gasteiger charge is 2.39. The summed E-state index contributed by atoms with van der Waals surface area (Å²) in [7, 11) is -3.64. The fourth-order valence-electron chi connectivity index (χ4n) is 3.45. The maximum Gasteiger partial charge on any atom is 0.244 e. The Morgan fingerprint density at radius 1 is 0.931 bits per heavy atom. The lowest BCUT2D eigenvalue weighted by Gasteiger charge is -2.18. The molecule has 2 aromatic carbocycles. The van der Waals surface area contributed by atoms with E-state index in [-0.39, 0.29) is 29.3 Å². The molecule has 4 rings (SSSR count). The van der Waals surface area contributed by atoms with Gasteiger partial charge in [-0.25, -0.2) is 8.42 Å². The van der Waals surface area contributed by atoms with Crippen molar-refractivity contribution < 1.29 is 18.0 Å². The van der Waals surface area contributed by atoms with Crippen molar-refractivity contribution >= 4 is 27.5 Å². The Morgan fingerprint density at radius 2 is 1.52 bits per heavy atom. The quantitative estimate of drug-likeness (QED) is 0.816. The van der Waals surface area contributed by atoms with Crippen LogP contribution in [0.4, 0.5) is 5.69 Å². The van der Waals surface area contributed by atoms with Gasteiger partial charge in [-0.2, -0.15) is 4.31 Å². The summed E-state index contributed by atoms with van der Waals surface area (Å²) < 4.78 is 27.2. The van der Waals surface area contributed by atoms with Gasteiger partial charge >= 0.3 is 0 Å². The molecule has 2 amide bonds. The predicted octanol–water partition coefficient (Wildman–Crippen LogP) is 2.51. The number of nitrogens with one attached hydrogen (secondary N) is 1. The average molecular weight is 413 g/mol. The van der Waals surface area contributed by atoms with Crippen molar-refractivity contribution in [2.45, 2.75) is 24.7 Å². The minimum atomic E-state index is -3.64. The Balaban J connectivity index is 1.47. The van der Waals surface area contributed by atoms with E-state index >= 15 is 0 Å². The van der Waals surface area contributed by atoms with Crippen LogP contribution in [0.2, 0.25) is 0 Å². The van der Waals surface area contributed by atoms with Crippen LogP contribution in [0.5, 0.6) is 0 Å². The highest BCUT2D eigenvalue weighted by atomic mass is 32.2. The lowest BCUT2D eigenvalue weighted by molar-refractivity contribution is -0.131. The molecule has 1 aliphatic carbocycles. The fraction of sp³-hybridized carbons (Fsp3) is 0.333. The molecular weight excluding hydrogens is 390 g/mol. The van der Waals surface area contributed by atoms with E-state index in [4.69, 9.17) is 0 Å². The third-order valence-corrected chi connectivity index (χ3v) is 7.06. The van der Waals surface area contributed by atoms with Crippen LogP contribution in [0.3, 0.4) is 0 Å². The average Bonchev–Trinajstić information content (AvgIpc) is 3.43. The van der Waals surface area contributed by atoms with Crippen molar-refractivity contribution in [3.05, 3.63) is 48.5 Å². The molecule has 152 valence electrons. The molecular formula is C21H23N3O4S. The highest BCUT2D eigenvalue weighted by molar-refractivity contribution is 7.89. The minimum absolute atomic E-state index is 0.0701. The SMILES string of the molecule is CC(=O)Nc1ccc(-c2ccc(S(=O)(=O)N3CCN(C(=O)C4CC4)C3)cc2)cc1. The number of rotatable bonds is 5. The van der Waals surface area contributed by atoms with Gasteiger partial charge in [-0.15, -0.1) is 0 Å². The van der Waals surface area contributed by atoms with Gasteiger partial charge in [-0.05, 0) is 48.2 Å². The van der Waals surface area contributed by atoms with Gasteiger partial charge in [-0.1, -0.05) is 24.3 Å². The second-order valence-electron chi connectivity index (χ2n) is 7.48. The molecule has 8 heteroatoms. The maximum atomic E-state index is 12.9. The summed E-state index contributed by atoms with van der Waals surface area (Å²) in [5.74, 6) is 0.0290. The first-order chi connectivity index (χ1) is 13.8. The first kappa shape index (κ1) is 19.6. The van der Waals surface area contributed by atoms with Crippen molar-refractivity contribution in [1.82, 2.24) is 9.21 Å². The topological polar surface area (TPSA) is 86.8 Å². The molecule has 1 N–H and O–H groups in total. The maximum absolute atomic E-state index is 12.9. The Hall–Kier alpha value is -2.71. The highest BCUT2D eigenvalue weighted by Crippen LogP contribution is 2.32. The third-order valence-electron chi connectivity index (χ3n) is 5.22. The normalized spacial score (nSPS) is 17.3. The Labute approximate surface area is 170 Å². The molecule has 0 aromatic heterocycles. The van der Waals surface area contributed by atoms with Crippen LogP contribution in [0.15, 0.2) is 53.4 Å². The monoisotopic (exact) mass is 413 g/mol. The summed E-state index contributed by atoms with van der Waals surface area (Å²) in [4.78, 5) is 25.1. The molecule has 0 bridgehead atoms. The molecule has 29 heavy (non-hydrogen) atoms. The van der Waals surface area contributed by atoms with Crippen LogP contribution in [0, 0.1) is 5.92 Å². The second kappa shape index (κ2) is 7.61. The molecule has 0 radical (unpaired) electrons. The molecule has 0 atom stereocenters. The number of carbonyl (C=O) groups is 2. The largest absolute Gasteiger partial charge is 0.327 e. The molecule has 0 unspecified atom stereocenters. The van der Waals surface area contributed by atoms with Gasteiger partial charge in [0, 0.05) is 31.6 Å². The lowest BCUT2D eigenvalue weighted by atomic mass is 10.1. The molecule has 2 aliphatic rings. The molecule has 0 spiro atoms. The lowest BCUT2D eigenvalue weighted by Crippen LogP contribution is -2.34. The molecule has 1 aliphatic heterocycles. The molecule has 2 aromatic rings. The zero-order chi connectivity index (χ0) is 20.6. The Bertz CT molecular complexity index is 1030. The number of hydrogen-bond acceptors (Lipinski definition) is 4. The molecule has 1 saturated heterocycles.